The van der Waals surface area contributed by atoms with Gasteiger partial charge in [-0.15, -0.1) is 0 Å². The molecule has 2 saturated carbocycles. The number of phenols is 1. The van der Waals surface area contributed by atoms with Gasteiger partial charge in [0.2, 0.25) is 10.0 Å². The Labute approximate surface area is 114 Å². The summed E-state index contributed by atoms with van der Waals surface area (Å²) < 4.78 is 26.9. The van der Waals surface area contributed by atoms with Gasteiger partial charge in [-0.1, -0.05) is 6.07 Å². The van der Waals surface area contributed by atoms with E-state index in [-0.39, 0.29) is 10.6 Å². The summed E-state index contributed by atoms with van der Waals surface area (Å²) in [5.41, 5.74) is 0. The topological polar surface area (TPSA) is 57.6 Å². The molecule has 5 heteroatoms. The van der Waals surface area contributed by atoms with E-state index in [0.29, 0.717) is 24.9 Å². The van der Waals surface area contributed by atoms with Crippen LogP contribution in [0.5, 0.6) is 5.75 Å². The van der Waals surface area contributed by atoms with Crippen LogP contribution in [0.2, 0.25) is 0 Å². The summed E-state index contributed by atoms with van der Waals surface area (Å²) >= 11 is 0. The highest BCUT2D eigenvalue weighted by Gasteiger charge is 2.35. The summed E-state index contributed by atoms with van der Waals surface area (Å²) in [6.45, 7) is 1.27. The monoisotopic (exact) mass is 281 g/mol. The lowest BCUT2D eigenvalue weighted by Gasteiger charge is -2.22. The molecule has 1 aromatic rings. The quantitative estimate of drug-likeness (QED) is 0.869. The second-order valence-electron chi connectivity index (χ2n) is 5.71. The van der Waals surface area contributed by atoms with Crippen molar-refractivity contribution < 1.29 is 13.5 Å². The number of aromatic hydroxyl groups is 1. The fourth-order valence-corrected chi connectivity index (χ4v) is 3.87. The highest BCUT2D eigenvalue weighted by Crippen LogP contribution is 2.36. The lowest BCUT2D eigenvalue weighted by Crippen LogP contribution is -2.34. The Hall–Kier alpha value is -1.07. The maximum absolute atomic E-state index is 12.6. The van der Waals surface area contributed by atoms with E-state index in [1.165, 1.54) is 12.1 Å². The first kappa shape index (κ1) is 12.9. The SMILES string of the molecule is O=S(=O)(c1cccc(O)c1)N(CC1CC1)CC1CC1. The highest BCUT2D eigenvalue weighted by molar-refractivity contribution is 7.89. The van der Waals surface area contributed by atoms with Crippen LogP contribution in [0.4, 0.5) is 0 Å². The third kappa shape index (κ3) is 3.09. The Morgan fingerprint density at radius 3 is 2.16 bits per heavy atom. The van der Waals surface area contributed by atoms with Gasteiger partial charge in [0.05, 0.1) is 4.90 Å². The van der Waals surface area contributed by atoms with Gasteiger partial charge in [0.1, 0.15) is 5.75 Å². The number of hydrogen-bond acceptors (Lipinski definition) is 3. The van der Waals surface area contributed by atoms with Gasteiger partial charge in [0.15, 0.2) is 0 Å². The minimum absolute atomic E-state index is 0.00105. The fraction of sp³-hybridized carbons (Fsp3) is 0.571. The van der Waals surface area contributed by atoms with Crippen molar-refractivity contribution in [2.24, 2.45) is 11.8 Å². The van der Waals surface area contributed by atoms with Crippen molar-refractivity contribution >= 4 is 10.0 Å². The summed E-state index contributed by atoms with van der Waals surface area (Å²) in [6, 6.07) is 5.96. The number of hydrogen-bond donors (Lipinski definition) is 1. The van der Waals surface area contributed by atoms with E-state index < -0.39 is 10.0 Å². The van der Waals surface area contributed by atoms with Crippen molar-refractivity contribution in [3.63, 3.8) is 0 Å². The van der Waals surface area contributed by atoms with E-state index in [1.807, 2.05) is 0 Å². The third-order valence-electron chi connectivity index (χ3n) is 3.77. The number of benzene rings is 1. The van der Waals surface area contributed by atoms with E-state index in [0.717, 1.165) is 25.7 Å². The molecule has 3 rings (SSSR count). The van der Waals surface area contributed by atoms with Crippen LogP contribution in [-0.4, -0.2) is 30.9 Å². The molecule has 0 bridgehead atoms. The molecule has 19 heavy (non-hydrogen) atoms. The van der Waals surface area contributed by atoms with Crippen molar-refractivity contribution in [1.29, 1.82) is 0 Å². The average molecular weight is 281 g/mol. The lowest BCUT2D eigenvalue weighted by molar-refractivity contribution is 0.381. The number of rotatable bonds is 6. The zero-order chi connectivity index (χ0) is 13.5. The van der Waals surface area contributed by atoms with Crippen LogP contribution in [0.25, 0.3) is 0 Å². The largest absolute Gasteiger partial charge is 0.508 e. The molecule has 0 radical (unpaired) electrons. The summed E-state index contributed by atoms with van der Waals surface area (Å²) in [5.74, 6) is 1.07. The Morgan fingerprint density at radius 1 is 1.11 bits per heavy atom. The Balaban J connectivity index is 1.85. The highest BCUT2D eigenvalue weighted by atomic mass is 32.2. The van der Waals surface area contributed by atoms with Crippen molar-refractivity contribution in [1.82, 2.24) is 4.31 Å². The first-order valence-electron chi connectivity index (χ1n) is 6.85. The normalized spacial score (nSPS) is 19.8. The predicted molar refractivity (Wildman–Crippen MR) is 72.3 cm³/mol. The first-order chi connectivity index (χ1) is 9.05. The molecule has 2 aliphatic carbocycles. The third-order valence-corrected chi connectivity index (χ3v) is 5.60. The van der Waals surface area contributed by atoms with Crippen LogP contribution in [0.3, 0.4) is 0 Å². The van der Waals surface area contributed by atoms with Crippen molar-refractivity contribution in [3.8, 4) is 5.75 Å². The average Bonchev–Trinajstić information content (AvgIpc) is 3.23. The van der Waals surface area contributed by atoms with E-state index in [2.05, 4.69) is 0 Å². The molecular weight excluding hydrogens is 262 g/mol. The van der Waals surface area contributed by atoms with E-state index in [9.17, 15) is 13.5 Å². The molecule has 0 atom stereocenters. The predicted octanol–water partition coefficient (Wildman–Crippen LogP) is 2.20. The summed E-state index contributed by atoms with van der Waals surface area (Å²) in [6.07, 6.45) is 4.54. The molecule has 0 spiro atoms. The second-order valence-corrected chi connectivity index (χ2v) is 7.64. The van der Waals surface area contributed by atoms with Crippen LogP contribution in [0, 0.1) is 11.8 Å². The molecule has 2 fully saturated rings. The van der Waals surface area contributed by atoms with Crippen LogP contribution in [-0.2, 0) is 10.0 Å². The molecular formula is C14H19NO3S. The van der Waals surface area contributed by atoms with Gasteiger partial charge in [0.25, 0.3) is 0 Å². The van der Waals surface area contributed by atoms with Gasteiger partial charge < -0.3 is 5.11 Å². The van der Waals surface area contributed by atoms with Gasteiger partial charge in [0, 0.05) is 13.1 Å². The maximum atomic E-state index is 12.6. The molecule has 2 aliphatic rings. The molecule has 0 aromatic heterocycles. The maximum Gasteiger partial charge on any atom is 0.243 e. The molecule has 0 amide bonds. The summed E-state index contributed by atoms with van der Waals surface area (Å²) in [4.78, 5) is 0.203. The van der Waals surface area contributed by atoms with Crippen molar-refractivity contribution in [2.75, 3.05) is 13.1 Å². The Morgan fingerprint density at radius 2 is 1.68 bits per heavy atom. The standard InChI is InChI=1S/C14H19NO3S/c16-13-2-1-3-14(8-13)19(17,18)15(9-11-4-5-11)10-12-6-7-12/h1-3,8,11-12,16H,4-7,9-10H2. The van der Waals surface area contributed by atoms with Gasteiger partial charge in [-0.25, -0.2) is 8.42 Å². The van der Waals surface area contributed by atoms with Gasteiger partial charge in [-0.05, 0) is 55.7 Å². The number of phenolic OH excluding ortho intramolecular Hbond substituents is 1. The van der Waals surface area contributed by atoms with Gasteiger partial charge in [-0.2, -0.15) is 4.31 Å². The lowest BCUT2D eigenvalue weighted by atomic mass is 10.3. The second kappa shape index (κ2) is 4.80. The molecule has 0 unspecified atom stereocenters. The van der Waals surface area contributed by atoms with Crippen LogP contribution < -0.4 is 0 Å². The molecule has 4 nitrogen and oxygen atoms in total. The fourth-order valence-electron chi connectivity index (χ4n) is 2.24. The minimum atomic E-state index is -3.46. The van der Waals surface area contributed by atoms with Crippen LogP contribution in [0.15, 0.2) is 29.2 Å². The molecule has 104 valence electrons. The number of sulfonamides is 1. The van der Waals surface area contributed by atoms with Crippen LogP contribution in [0.1, 0.15) is 25.7 Å². The zero-order valence-corrected chi connectivity index (χ0v) is 11.6. The molecule has 1 aromatic carbocycles. The zero-order valence-electron chi connectivity index (χ0n) is 10.8. The van der Waals surface area contributed by atoms with Crippen LogP contribution >= 0.6 is 0 Å². The Bertz CT molecular complexity index is 548. The summed E-state index contributed by atoms with van der Waals surface area (Å²) in [5, 5.41) is 9.46. The molecule has 1 N–H and O–H groups in total. The smallest absolute Gasteiger partial charge is 0.243 e. The van der Waals surface area contributed by atoms with Gasteiger partial charge in [-0.3, -0.25) is 0 Å². The minimum Gasteiger partial charge on any atom is -0.508 e. The van der Waals surface area contributed by atoms with Crippen molar-refractivity contribution in [3.05, 3.63) is 24.3 Å². The van der Waals surface area contributed by atoms with E-state index in [4.69, 9.17) is 0 Å². The van der Waals surface area contributed by atoms with Crippen molar-refractivity contribution in [2.45, 2.75) is 30.6 Å². The molecule has 0 heterocycles. The molecule has 0 aliphatic heterocycles. The Kier molecular flexibility index (Phi) is 3.27. The first-order valence-corrected chi connectivity index (χ1v) is 8.29. The molecule has 0 saturated heterocycles. The van der Waals surface area contributed by atoms with Gasteiger partial charge >= 0.3 is 0 Å². The summed E-state index contributed by atoms with van der Waals surface area (Å²) in [7, 11) is -3.46. The van der Waals surface area contributed by atoms with E-state index in [1.54, 1.807) is 16.4 Å². The number of nitrogens with zero attached hydrogens (tertiary/aromatic N) is 1. The van der Waals surface area contributed by atoms with E-state index >= 15 is 0 Å².